The fourth-order valence-corrected chi connectivity index (χ4v) is 2.93. The maximum Gasteiger partial charge on any atom is 0.490 e. The van der Waals surface area contributed by atoms with Crippen molar-refractivity contribution in [2.24, 2.45) is 5.92 Å². The van der Waals surface area contributed by atoms with Gasteiger partial charge in [0, 0.05) is 30.1 Å². The minimum Gasteiger partial charge on any atom is -0.459 e. The average molecular weight is 432 g/mol. The van der Waals surface area contributed by atoms with Crippen LogP contribution in [0.5, 0.6) is 0 Å². The molecule has 14 heteroatoms. The molecule has 0 aromatic carbocycles. The first-order chi connectivity index (χ1) is 13.2. The van der Waals surface area contributed by atoms with E-state index in [9.17, 15) is 45.5 Å². The van der Waals surface area contributed by atoms with Crippen molar-refractivity contribution in [2.45, 2.75) is 44.3 Å². The Labute approximate surface area is 157 Å². The predicted octanol–water partition coefficient (Wildman–Crippen LogP) is 1.38. The molecule has 3 atom stereocenters. The van der Waals surface area contributed by atoms with Crippen LogP contribution in [0.15, 0.2) is 15.8 Å². The van der Waals surface area contributed by atoms with Gasteiger partial charge in [0.2, 0.25) is 0 Å². The quantitative estimate of drug-likeness (QED) is 0.569. The summed E-state index contributed by atoms with van der Waals surface area (Å²) in [4.78, 5) is 47.4. The molecule has 1 aliphatic carbocycles. The summed E-state index contributed by atoms with van der Waals surface area (Å²) in [5.41, 5.74) is -1.50. The topological polar surface area (TPSA) is 107 Å². The molecule has 0 radical (unpaired) electrons. The number of alkyl halides is 6. The molecule has 1 aromatic rings. The first-order valence-electron chi connectivity index (χ1n) is 8.04. The highest BCUT2D eigenvalue weighted by molar-refractivity contribution is 5.76. The maximum atomic E-state index is 12.5. The number of aryl methyl sites for hydroxylation is 1. The Morgan fingerprint density at radius 3 is 2.24 bits per heavy atom. The van der Waals surface area contributed by atoms with Crippen LogP contribution in [0.25, 0.3) is 0 Å². The number of H-pyrrole nitrogens is 1. The van der Waals surface area contributed by atoms with Gasteiger partial charge in [-0.25, -0.2) is 14.4 Å². The largest absolute Gasteiger partial charge is 0.490 e. The number of nitrogens with one attached hydrogen (secondary N) is 1. The average Bonchev–Trinajstić information content (AvgIpc) is 2.96. The van der Waals surface area contributed by atoms with E-state index in [1.54, 1.807) is 0 Å². The number of rotatable bonds is 4. The number of nitrogens with zero attached hydrogens (tertiary/aromatic N) is 1. The molecule has 1 saturated carbocycles. The van der Waals surface area contributed by atoms with Crippen LogP contribution in [0.3, 0.4) is 0 Å². The number of hydrogen-bond donors (Lipinski definition) is 1. The minimum atomic E-state index is -5.35. The highest BCUT2D eigenvalue weighted by Gasteiger charge is 2.47. The molecule has 0 bridgehead atoms. The first kappa shape index (κ1) is 22.5. The van der Waals surface area contributed by atoms with Gasteiger partial charge in [-0.1, -0.05) is 0 Å². The molecule has 8 nitrogen and oxygen atoms in total. The van der Waals surface area contributed by atoms with Gasteiger partial charge in [-0.05, 0) is 13.3 Å². The van der Waals surface area contributed by atoms with Gasteiger partial charge in [-0.15, -0.1) is 0 Å². The summed E-state index contributed by atoms with van der Waals surface area (Å²) in [6.45, 7) is 0.370. The molecule has 1 fully saturated rings. The Bertz CT molecular complexity index is 902. The third kappa shape index (κ3) is 5.38. The van der Waals surface area contributed by atoms with Crippen LogP contribution in [-0.2, 0) is 19.1 Å². The van der Waals surface area contributed by atoms with Crippen molar-refractivity contribution in [3.8, 4) is 0 Å². The van der Waals surface area contributed by atoms with Gasteiger partial charge in [0.25, 0.3) is 5.56 Å². The zero-order valence-electron chi connectivity index (χ0n) is 14.6. The van der Waals surface area contributed by atoms with Crippen molar-refractivity contribution >= 4 is 11.9 Å². The Balaban J connectivity index is 2.25. The maximum absolute atomic E-state index is 12.5. The lowest BCUT2D eigenvalue weighted by Crippen LogP contribution is -2.34. The van der Waals surface area contributed by atoms with E-state index in [-0.39, 0.29) is 18.4 Å². The molecule has 0 saturated heterocycles. The Hall–Kier alpha value is -2.80. The molecule has 29 heavy (non-hydrogen) atoms. The second-order valence-corrected chi connectivity index (χ2v) is 6.40. The number of ether oxygens (including phenoxy) is 2. The van der Waals surface area contributed by atoms with E-state index in [1.807, 2.05) is 4.98 Å². The normalized spacial score (nSPS) is 22.4. The second kappa shape index (κ2) is 7.91. The predicted molar refractivity (Wildman–Crippen MR) is 80.8 cm³/mol. The van der Waals surface area contributed by atoms with Crippen molar-refractivity contribution < 1.29 is 45.4 Å². The zero-order chi connectivity index (χ0) is 22.1. The Kier molecular flexibility index (Phi) is 6.13. The Morgan fingerprint density at radius 1 is 1.10 bits per heavy atom. The summed E-state index contributed by atoms with van der Waals surface area (Å²) < 4.78 is 83.6. The summed E-state index contributed by atoms with van der Waals surface area (Å²) in [5.74, 6) is -6.36. The van der Waals surface area contributed by atoms with Crippen LogP contribution in [-0.4, -0.2) is 46.6 Å². The summed E-state index contributed by atoms with van der Waals surface area (Å²) in [7, 11) is 0. The molecule has 162 valence electrons. The molecule has 0 unspecified atom stereocenters. The van der Waals surface area contributed by atoms with Crippen molar-refractivity contribution in [1.29, 1.82) is 0 Å². The molecular weight excluding hydrogens is 418 g/mol. The van der Waals surface area contributed by atoms with E-state index < -0.39 is 60.2 Å². The minimum absolute atomic E-state index is 0.0976. The fourth-order valence-electron chi connectivity index (χ4n) is 2.93. The van der Waals surface area contributed by atoms with Gasteiger partial charge in [-0.2, -0.15) is 26.3 Å². The third-order valence-corrected chi connectivity index (χ3v) is 4.29. The molecule has 0 amide bonds. The van der Waals surface area contributed by atoms with Crippen molar-refractivity contribution in [3.63, 3.8) is 0 Å². The lowest BCUT2D eigenvalue weighted by atomic mass is 10.1. The summed E-state index contributed by atoms with van der Waals surface area (Å²) in [6.07, 6.45) is -11.7. The summed E-state index contributed by atoms with van der Waals surface area (Å²) >= 11 is 0. The van der Waals surface area contributed by atoms with Gasteiger partial charge >= 0.3 is 30.0 Å². The monoisotopic (exact) mass is 432 g/mol. The van der Waals surface area contributed by atoms with Gasteiger partial charge in [0.1, 0.15) is 6.10 Å². The number of esters is 2. The van der Waals surface area contributed by atoms with Crippen molar-refractivity contribution in [1.82, 2.24) is 9.55 Å². The van der Waals surface area contributed by atoms with Crippen LogP contribution in [0.2, 0.25) is 0 Å². The standard InChI is InChI=1S/C15H14F6N2O6/c1-6-4-23(13(27)22-10(6)24)8-2-7(5-28-11(25)14(16,17)18)9(3-8)29-12(26)15(19,20)21/h4,7-9H,2-3,5H2,1H3,(H,22,24,27)/t7-,8-,9+/m0/s1. The van der Waals surface area contributed by atoms with E-state index in [4.69, 9.17) is 0 Å². The van der Waals surface area contributed by atoms with E-state index >= 15 is 0 Å². The van der Waals surface area contributed by atoms with Crippen molar-refractivity contribution in [3.05, 3.63) is 32.6 Å². The van der Waals surface area contributed by atoms with E-state index in [1.165, 1.54) is 6.92 Å². The molecule has 2 rings (SSSR count). The highest BCUT2D eigenvalue weighted by atomic mass is 19.4. The van der Waals surface area contributed by atoms with Crippen molar-refractivity contribution in [2.75, 3.05) is 6.61 Å². The van der Waals surface area contributed by atoms with Gasteiger partial charge in [0.05, 0.1) is 6.61 Å². The molecule has 1 heterocycles. The van der Waals surface area contributed by atoms with Gasteiger partial charge in [-0.3, -0.25) is 14.3 Å². The SMILES string of the molecule is Cc1cn([C@H]2C[C@@H](COC(=O)C(F)(F)F)[C@H](OC(=O)C(F)(F)F)C2)c(=O)[nH]c1=O. The first-order valence-corrected chi connectivity index (χ1v) is 8.04. The lowest BCUT2D eigenvalue weighted by Gasteiger charge is -2.20. The molecule has 1 N–H and O–H groups in total. The molecular formula is C15H14F6N2O6. The molecule has 1 aliphatic rings. The van der Waals surface area contributed by atoms with Crippen LogP contribution in [0.4, 0.5) is 26.3 Å². The van der Waals surface area contributed by atoms with Crippen LogP contribution < -0.4 is 11.2 Å². The third-order valence-electron chi connectivity index (χ3n) is 4.29. The van der Waals surface area contributed by atoms with Gasteiger partial charge < -0.3 is 9.47 Å². The fraction of sp³-hybridized carbons (Fsp3) is 0.600. The summed E-state index contributed by atoms with van der Waals surface area (Å²) in [5, 5.41) is 0. The number of hydrogen-bond acceptors (Lipinski definition) is 6. The van der Waals surface area contributed by atoms with E-state index in [2.05, 4.69) is 9.47 Å². The van der Waals surface area contributed by atoms with E-state index in [0.717, 1.165) is 10.8 Å². The number of halogens is 6. The molecule has 1 aromatic heterocycles. The summed E-state index contributed by atoms with van der Waals surface area (Å²) in [6, 6.07) is -0.918. The number of aromatic amines is 1. The number of carbonyl (C=O) groups excluding carboxylic acids is 2. The Morgan fingerprint density at radius 2 is 1.69 bits per heavy atom. The van der Waals surface area contributed by atoms with Crippen LogP contribution in [0.1, 0.15) is 24.4 Å². The zero-order valence-corrected chi connectivity index (χ0v) is 14.6. The molecule has 0 spiro atoms. The number of aromatic nitrogens is 2. The highest BCUT2D eigenvalue weighted by Crippen LogP contribution is 2.37. The smallest absolute Gasteiger partial charge is 0.459 e. The van der Waals surface area contributed by atoms with Gasteiger partial charge in [0.15, 0.2) is 0 Å². The number of carbonyl (C=O) groups is 2. The van der Waals surface area contributed by atoms with Crippen LogP contribution >= 0.6 is 0 Å². The molecule has 0 aliphatic heterocycles. The second-order valence-electron chi connectivity index (χ2n) is 6.40. The lowest BCUT2D eigenvalue weighted by molar-refractivity contribution is -0.209. The van der Waals surface area contributed by atoms with E-state index in [0.29, 0.717) is 0 Å². The van der Waals surface area contributed by atoms with Crippen LogP contribution in [0, 0.1) is 12.8 Å².